The van der Waals surface area contributed by atoms with Crippen LogP contribution in [0.3, 0.4) is 0 Å². The van der Waals surface area contributed by atoms with E-state index in [1.165, 1.54) is 11.8 Å². The number of aliphatic imine (C=N–C) groups is 2. The minimum Gasteiger partial charge on any atom is -0.325 e. The molecule has 1 fully saturated rings. The van der Waals surface area contributed by atoms with Crippen LogP contribution >= 0.6 is 27.7 Å². The predicted octanol–water partition coefficient (Wildman–Crippen LogP) is 4.99. The monoisotopic (exact) mass is 521 g/mol. The Labute approximate surface area is 205 Å². The fraction of sp³-hybridized carbons (Fsp3) is 0.280. The van der Waals surface area contributed by atoms with Gasteiger partial charge in [-0.3, -0.25) is 14.8 Å². The van der Waals surface area contributed by atoms with E-state index < -0.39 is 5.66 Å². The van der Waals surface area contributed by atoms with Gasteiger partial charge in [0.15, 0.2) is 5.66 Å². The molecule has 1 N–H and O–H groups in total. The quantitative estimate of drug-likeness (QED) is 0.524. The average molecular weight is 522 g/mol. The van der Waals surface area contributed by atoms with E-state index in [9.17, 15) is 4.79 Å². The number of aromatic nitrogens is 1. The van der Waals surface area contributed by atoms with E-state index in [2.05, 4.69) is 50.3 Å². The van der Waals surface area contributed by atoms with Gasteiger partial charge in [-0.1, -0.05) is 52.0 Å². The van der Waals surface area contributed by atoms with Crippen molar-refractivity contribution in [1.29, 1.82) is 0 Å². The molecule has 1 aromatic heterocycles. The lowest BCUT2D eigenvalue weighted by Gasteiger charge is -2.33. The molecule has 0 atom stereocenters. The molecule has 3 heterocycles. The first kappa shape index (κ1) is 22.3. The molecule has 5 rings (SSSR count). The summed E-state index contributed by atoms with van der Waals surface area (Å²) in [5.74, 6) is 0.197. The molecule has 6 nitrogen and oxygen atoms in total. The number of thioether (sulfide) groups is 1. The van der Waals surface area contributed by atoms with Crippen LogP contribution in [-0.4, -0.2) is 58.1 Å². The number of halogens is 1. The lowest BCUT2D eigenvalue weighted by molar-refractivity contribution is -0.113. The summed E-state index contributed by atoms with van der Waals surface area (Å²) in [6.07, 6.45) is 3.54. The van der Waals surface area contributed by atoms with Crippen molar-refractivity contribution in [3.8, 4) is 0 Å². The summed E-state index contributed by atoms with van der Waals surface area (Å²) in [5, 5.41) is 4.88. The highest BCUT2D eigenvalue weighted by atomic mass is 79.9. The molecular formula is C25H24BrN5OS. The third-order valence-corrected chi connectivity index (χ3v) is 7.46. The van der Waals surface area contributed by atoms with E-state index in [0.717, 1.165) is 63.3 Å². The maximum atomic E-state index is 12.7. The fourth-order valence-electron chi connectivity index (χ4n) is 4.09. The Morgan fingerprint density at radius 2 is 1.91 bits per heavy atom. The second-order valence-corrected chi connectivity index (χ2v) is 10.3. The van der Waals surface area contributed by atoms with Crippen LogP contribution in [0.25, 0.3) is 10.9 Å². The molecule has 0 bridgehead atoms. The number of piperidine rings is 1. The third kappa shape index (κ3) is 5.03. The van der Waals surface area contributed by atoms with Crippen molar-refractivity contribution in [2.75, 3.05) is 31.2 Å². The van der Waals surface area contributed by atoms with Crippen molar-refractivity contribution in [1.82, 2.24) is 9.88 Å². The normalized spacial score (nSPS) is 17.8. The number of rotatable bonds is 4. The predicted molar refractivity (Wildman–Crippen MR) is 140 cm³/mol. The Hall–Kier alpha value is -2.55. The maximum Gasteiger partial charge on any atom is 0.234 e. The topological polar surface area (TPSA) is 70.0 Å². The van der Waals surface area contributed by atoms with Crippen LogP contribution in [0.2, 0.25) is 0 Å². The van der Waals surface area contributed by atoms with E-state index in [1.54, 1.807) is 6.20 Å². The number of amides is 1. The number of hydrogen-bond donors (Lipinski definition) is 1. The number of pyridine rings is 1. The van der Waals surface area contributed by atoms with E-state index in [0.29, 0.717) is 0 Å². The molecule has 3 aromatic rings. The molecule has 1 spiro atoms. The van der Waals surface area contributed by atoms with Gasteiger partial charge in [0.05, 0.1) is 17.0 Å². The highest BCUT2D eigenvalue weighted by Crippen LogP contribution is 2.35. The number of nitrogens with one attached hydrogen (secondary N) is 1. The van der Waals surface area contributed by atoms with Gasteiger partial charge in [0.25, 0.3) is 0 Å². The second-order valence-electron chi connectivity index (χ2n) is 8.42. The molecule has 2 aliphatic rings. The Kier molecular flexibility index (Phi) is 6.32. The molecule has 33 heavy (non-hydrogen) atoms. The van der Waals surface area contributed by atoms with E-state index in [4.69, 9.17) is 9.98 Å². The molecule has 0 radical (unpaired) electrons. The zero-order valence-electron chi connectivity index (χ0n) is 18.3. The first-order valence-electron chi connectivity index (χ1n) is 10.9. The molecule has 0 saturated carbocycles. The summed E-state index contributed by atoms with van der Waals surface area (Å²) < 4.78 is 1.02. The Balaban J connectivity index is 1.32. The SMILES string of the molecule is CN1CCC2(CC1)N=C(SCC(=O)Nc1ccc3cccnc3c1)C(c1ccc(Br)cc1)=N2. The highest BCUT2D eigenvalue weighted by Gasteiger charge is 2.39. The lowest BCUT2D eigenvalue weighted by atomic mass is 9.99. The van der Waals surface area contributed by atoms with Crippen LogP contribution in [0.4, 0.5) is 5.69 Å². The molecule has 0 aliphatic carbocycles. The molecule has 0 unspecified atom stereocenters. The number of nitrogens with zero attached hydrogens (tertiary/aromatic N) is 4. The number of anilines is 1. The molecular weight excluding hydrogens is 498 g/mol. The number of benzene rings is 2. The van der Waals surface area contributed by atoms with Gasteiger partial charge in [-0.15, -0.1) is 0 Å². The standard InChI is InChI=1S/C25H24BrN5OS/c1-31-13-10-25(11-14-31)29-23(18-4-7-19(26)8-5-18)24(30-25)33-16-22(32)28-20-9-6-17-3-2-12-27-21(17)15-20/h2-9,12,15H,10-11,13-14,16H2,1H3,(H,28,32). The summed E-state index contributed by atoms with van der Waals surface area (Å²) in [5.41, 5.74) is 3.12. The summed E-state index contributed by atoms with van der Waals surface area (Å²) in [7, 11) is 2.13. The van der Waals surface area contributed by atoms with Crippen LogP contribution in [-0.2, 0) is 4.79 Å². The van der Waals surface area contributed by atoms with Gasteiger partial charge < -0.3 is 10.2 Å². The van der Waals surface area contributed by atoms with Gasteiger partial charge in [0.1, 0.15) is 5.04 Å². The molecule has 2 aliphatic heterocycles. The first-order valence-corrected chi connectivity index (χ1v) is 12.7. The van der Waals surface area contributed by atoms with Crippen LogP contribution in [0.5, 0.6) is 0 Å². The highest BCUT2D eigenvalue weighted by molar-refractivity contribution is 9.10. The Bertz CT molecular complexity index is 1250. The van der Waals surface area contributed by atoms with Crippen LogP contribution in [0.15, 0.2) is 75.3 Å². The largest absolute Gasteiger partial charge is 0.325 e. The number of likely N-dealkylation sites (tertiary alicyclic amines) is 1. The van der Waals surface area contributed by atoms with Crippen molar-refractivity contribution < 1.29 is 4.79 Å². The van der Waals surface area contributed by atoms with Gasteiger partial charge in [-0.25, -0.2) is 4.99 Å². The van der Waals surface area contributed by atoms with Gasteiger partial charge in [0, 0.05) is 53.2 Å². The van der Waals surface area contributed by atoms with Gasteiger partial charge in [0.2, 0.25) is 5.91 Å². The fourth-order valence-corrected chi connectivity index (χ4v) is 5.23. The maximum absolute atomic E-state index is 12.7. The van der Waals surface area contributed by atoms with Crippen molar-refractivity contribution in [3.05, 3.63) is 70.8 Å². The third-order valence-electron chi connectivity index (χ3n) is 5.97. The summed E-state index contributed by atoms with van der Waals surface area (Å²) >= 11 is 4.96. The van der Waals surface area contributed by atoms with Crippen LogP contribution in [0.1, 0.15) is 18.4 Å². The average Bonchev–Trinajstić information content (AvgIpc) is 3.18. The molecule has 2 aromatic carbocycles. The van der Waals surface area contributed by atoms with Crippen molar-refractivity contribution in [3.63, 3.8) is 0 Å². The van der Waals surface area contributed by atoms with Gasteiger partial charge in [-0.2, -0.15) is 0 Å². The van der Waals surface area contributed by atoms with Crippen molar-refractivity contribution in [2.24, 2.45) is 9.98 Å². The van der Waals surface area contributed by atoms with Crippen molar-refractivity contribution in [2.45, 2.75) is 18.5 Å². The van der Waals surface area contributed by atoms with Crippen LogP contribution in [0, 0.1) is 0 Å². The zero-order valence-corrected chi connectivity index (χ0v) is 20.7. The van der Waals surface area contributed by atoms with E-state index in [1.807, 2.05) is 42.5 Å². The van der Waals surface area contributed by atoms with Crippen molar-refractivity contribution >= 4 is 60.9 Å². The number of carbonyl (C=O) groups excluding carboxylic acids is 1. The molecule has 8 heteroatoms. The zero-order chi connectivity index (χ0) is 22.8. The summed E-state index contributed by atoms with van der Waals surface area (Å²) in [6, 6.07) is 17.8. The van der Waals surface area contributed by atoms with Gasteiger partial charge >= 0.3 is 0 Å². The van der Waals surface area contributed by atoms with E-state index in [-0.39, 0.29) is 11.7 Å². The molecule has 1 amide bonds. The lowest BCUT2D eigenvalue weighted by Crippen LogP contribution is -2.39. The van der Waals surface area contributed by atoms with Crippen LogP contribution < -0.4 is 5.32 Å². The molecule has 168 valence electrons. The minimum atomic E-state index is -0.405. The second kappa shape index (κ2) is 9.37. The Morgan fingerprint density at radius 3 is 2.70 bits per heavy atom. The first-order chi connectivity index (χ1) is 16.0. The summed E-state index contributed by atoms with van der Waals surface area (Å²) in [4.78, 5) is 29.6. The number of carbonyl (C=O) groups is 1. The number of hydrogen-bond acceptors (Lipinski definition) is 6. The number of fused-ring (bicyclic) bond motifs is 1. The smallest absolute Gasteiger partial charge is 0.234 e. The molecule has 1 saturated heterocycles. The van der Waals surface area contributed by atoms with E-state index >= 15 is 0 Å². The summed E-state index contributed by atoms with van der Waals surface area (Å²) in [6.45, 7) is 1.93. The Morgan fingerprint density at radius 1 is 1.12 bits per heavy atom. The minimum absolute atomic E-state index is 0.0718. The van der Waals surface area contributed by atoms with Gasteiger partial charge in [-0.05, 0) is 37.4 Å².